The van der Waals surface area contributed by atoms with Crippen LogP contribution in [0.1, 0.15) is 25.0 Å². The zero-order valence-corrected chi connectivity index (χ0v) is 21.9. The van der Waals surface area contributed by atoms with Crippen LogP contribution in [0.4, 0.5) is 8.78 Å². The van der Waals surface area contributed by atoms with Gasteiger partial charge in [0.25, 0.3) is 0 Å². The maximum atomic E-state index is 12.5. The van der Waals surface area contributed by atoms with Crippen LogP contribution in [-0.2, 0) is 27.5 Å². The highest BCUT2D eigenvalue weighted by molar-refractivity contribution is 6.59. The Kier molecular flexibility index (Phi) is 14.8. The minimum Gasteiger partial charge on any atom is -0.480 e. The molecule has 0 heterocycles. The molecule has 3 aromatic carbocycles. The number of rotatable bonds is 8. The molecule has 10 nitrogen and oxygen atoms in total. The van der Waals surface area contributed by atoms with Crippen LogP contribution in [0, 0.1) is 11.6 Å². The monoisotopic (exact) mass is 558 g/mol. The third kappa shape index (κ3) is 13.1. The Bertz CT molecular complexity index is 1220. The van der Waals surface area contributed by atoms with Crippen LogP contribution < -0.4 is 16.2 Å². The van der Waals surface area contributed by atoms with Crippen molar-refractivity contribution in [1.29, 1.82) is 0 Å². The van der Waals surface area contributed by atoms with Gasteiger partial charge < -0.3 is 35.4 Å². The van der Waals surface area contributed by atoms with E-state index < -0.39 is 31.8 Å². The molecule has 0 bridgehead atoms. The van der Waals surface area contributed by atoms with Gasteiger partial charge in [-0.1, -0.05) is 60.7 Å². The van der Waals surface area contributed by atoms with E-state index in [1.807, 2.05) is 24.3 Å². The minimum atomic E-state index is -1.72. The van der Waals surface area contributed by atoms with Crippen molar-refractivity contribution in [2.45, 2.75) is 26.9 Å². The van der Waals surface area contributed by atoms with Gasteiger partial charge in [-0.2, -0.15) is 0 Å². The molecule has 0 aliphatic heterocycles. The summed E-state index contributed by atoms with van der Waals surface area (Å²) < 4.78 is 25.0. The Balaban J connectivity index is 0.000000333. The molecule has 0 saturated carbocycles. The zero-order valence-electron chi connectivity index (χ0n) is 21.9. The van der Waals surface area contributed by atoms with Gasteiger partial charge in [0.05, 0.1) is 0 Å². The van der Waals surface area contributed by atoms with Crippen molar-refractivity contribution in [3.8, 4) is 0 Å². The fourth-order valence-electron chi connectivity index (χ4n) is 3.10. The van der Waals surface area contributed by atoms with E-state index in [4.69, 9.17) is 25.2 Å². The van der Waals surface area contributed by atoms with E-state index in [-0.39, 0.29) is 35.8 Å². The van der Waals surface area contributed by atoms with Crippen LogP contribution in [0.5, 0.6) is 0 Å². The summed E-state index contributed by atoms with van der Waals surface area (Å²) in [6.07, 6.45) is 0. The molecule has 0 unspecified atom stereocenters. The Morgan fingerprint density at radius 3 is 1.62 bits per heavy atom. The van der Waals surface area contributed by atoms with Gasteiger partial charge in [0.15, 0.2) is 0 Å². The largest absolute Gasteiger partial charge is 0.491 e. The minimum absolute atomic E-state index is 0.0949. The van der Waals surface area contributed by atoms with Crippen LogP contribution in [0.25, 0.3) is 0 Å². The maximum Gasteiger partial charge on any atom is 0.491 e. The van der Waals surface area contributed by atoms with Crippen LogP contribution in [-0.4, -0.2) is 68.7 Å². The first-order valence-electron chi connectivity index (χ1n) is 11.8. The molecule has 3 aromatic rings. The van der Waals surface area contributed by atoms with Gasteiger partial charge in [-0.3, -0.25) is 14.4 Å². The Hall–Kier alpha value is -4.10. The number of halogens is 2. The number of carboxylic acid groups (broad SMARTS) is 1. The molecule has 0 aliphatic carbocycles. The summed E-state index contributed by atoms with van der Waals surface area (Å²) in [7, 11) is -3.44. The van der Waals surface area contributed by atoms with Crippen molar-refractivity contribution in [1.82, 2.24) is 10.2 Å². The van der Waals surface area contributed by atoms with Gasteiger partial charge in [-0.05, 0) is 23.3 Å². The number of carboxylic acids is 1. The molecule has 14 heteroatoms. The smallest absolute Gasteiger partial charge is 0.480 e. The third-order valence-electron chi connectivity index (χ3n) is 5.04. The Morgan fingerprint density at radius 1 is 0.775 bits per heavy atom. The van der Waals surface area contributed by atoms with E-state index in [9.17, 15) is 23.2 Å². The molecular weight excluding hydrogens is 528 g/mol. The fourth-order valence-corrected chi connectivity index (χ4v) is 3.10. The summed E-state index contributed by atoms with van der Waals surface area (Å²) in [6.45, 7) is 3.08. The van der Waals surface area contributed by atoms with Crippen LogP contribution >= 0.6 is 0 Å². The van der Waals surface area contributed by atoms with Crippen molar-refractivity contribution in [2.75, 3.05) is 6.54 Å². The fraction of sp³-hybridized carbons (Fsp3) is 0.192. The molecule has 0 aromatic heterocycles. The number of benzene rings is 3. The lowest BCUT2D eigenvalue weighted by atomic mass is 9.80. The molecule has 2 amide bonds. The van der Waals surface area contributed by atoms with Gasteiger partial charge in [0, 0.05) is 37.9 Å². The molecule has 0 radical (unpaired) electrons. The van der Waals surface area contributed by atoms with Crippen molar-refractivity contribution >= 4 is 42.9 Å². The number of aliphatic carboxylic acids is 1. The number of nitrogens with zero attached hydrogens (tertiary/aromatic N) is 1. The maximum absolute atomic E-state index is 12.5. The Labute approximate surface area is 230 Å². The average molecular weight is 558 g/mol. The molecule has 0 aliphatic rings. The normalized spacial score (nSPS) is 9.70. The standard InChI is InChI=1S/C14H18N2O4.2C6H6BFO2/c1-10(17)15-7-12-4-3-5-13(6-12)8-16(11(2)18)9-14(19)20;2*8-6-4-2-1-3-5(6)7(9)10/h3-6H,7-9H2,1-2H3,(H,15,17)(H,19,20);2*1-4,9-10H. The van der Waals surface area contributed by atoms with Gasteiger partial charge in [-0.25, -0.2) is 8.78 Å². The number of hydrogen-bond donors (Lipinski definition) is 6. The molecule has 212 valence electrons. The highest BCUT2D eigenvalue weighted by Crippen LogP contribution is 2.09. The number of carbonyl (C=O) groups excluding carboxylic acids is 2. The van der Waals surface area contributed by atoms with Crippen LogP contribution in [0.15, 0.2) is 72.8 Å². The number of amides is 2. The van der Waals surface area contributed by atoms with E-state index >= 15 is 0 Å². The molecule has 0 atom stereocenters. The highest BCUT2D eigenvalue weighted by atomic mass is 19.1. The first-order valence-corrected chi connectivity index (χ1v) is 11.8. The van der Waals surface area contributed by atoms with E-state index in [1.165, 1.54) is 67.3 Å². The predicted molar refractivity (Wildman–Crippen MR) is 145 cm³/mol. The van der Waals surface area contributed by atoms with E-state index in [1.54, 1.807) is 0 Å². The lowest BCUT2D eigenvalue weighted by Crippen LogP contribution is -2.33. The highest BCUT2D eigenvalue weighted by Gasteiger charge is 2.15. The second kappa shape index (κ2) is 17.5. The van der Waals surface area contributed by atoms with Gasteiger partial charge in [-0.15, -0.1) is 0 Å². The van der Waals surface area contributed by atoms with E-state index in [0.717, 1.165) is 11.1 Å². The first-order chi connectivity index (χ1) is 18.8. The average Bonchev–Trinajstić information content (AvgIpc) is 2.88. The molecule has 6 N–H and O–H groups in total. The van der Waals surface area contributed by atoms with Gasteiger partial charge in [0.1, 0.15) is 18.2 Å². The summed E-state index contributed by atoms with van der Waals surface area (Å²) in [5.74, 6) is -2.66. The van der Waals surface area contributed by atoms with E-state index in [0.29, 0.717) is 6.54 Å². The molecule has 0 fully saturated rings. The Morgan fingerprint density at radius 2 is 1.25 bits per heavy atom. The first kappa shape index (κ1) is 33.9. The van der Waals surface area contributed by atoms with Crippen molar-refractivity contribution in [2.24, 2.45) is 0 Å². The molecule has 40 heavy (non-hydrogen) atoms. The number of carbonyl (C=O) groups is 3. The molecule has 0 spiro atoms. The molecule has 3 rings (SSSR count). The summed E-state index contributed by atoms with van der Waals surface area (Å²) >= 11 is 0. The summed E-state index contributed by atoms with van der Waals surface area (Å²) in [6, 6.07) is 18.4. The molecular formula is C26H30B2F2N2O8. The van der Waals surface area contributed by atoms with Crippen LogP contribution in [0.3, 0.4) is 0 Å². The SMILES string of the molecule is CC(=O)NCc1cccc(CN(CC(=O)O)C(C)=O)c1.OB(O)c1ccccc1F.OB(O)c1ccccc1F. The summed E-state index contributed by atoms with van der Waals surface area (Å²) in [5.41, 5.74) is 1.53. The third-order valence-corrected chi connectivity index (χ3v) is 5.04. The van der Waals surface area contributed by atoms with Crippen molar-refractivity contribution in [3.05, 3.63) is 95.6 Å². The van der Waals surface area contributed by atoms with Crippen LogP contribution in [0.2, 0.25) is 0 Å². The second-order valence-electron chi connectivity index (χ2n) is 8.29. The summed E-state index contributed by atoms with van der Waals surface area (Å²) in [4.78, 5) is 34.2. The summed E-state index contributed by atoms with van der Waals surface area (Å²) in [5, 5.41) is 45.5. The lowest BCUT2D eigenvalue weighted by molar-refractivity contribution is -0.144. The molecule has 0 saturated heterocycles. The second-order valence-corrected chi connectivity index (χ2v) is 8.29. The predicted octanol–water partition coefficient (Wildman–Crippen LogP) is -0.233. The topological polar surface area (TPSA) is 168 Å². The van der Waals surface area contributed by atoms with Crippen molar-refractivity contribution in [3.63, 3.8) is 0 Å². The number of nitrogens with one attached hydrogen (secondary N) is 1. The van der Waals surface area contributed by atoms with E-state index in [2.05, 4.69) is 5.32 Å². The van der Waals surface area contributed by atoms with Gasteiger partial charge in [0.2, 0.25) is 11.8 Å². The number of hydrogen-bond acceptors (Lipinski definition) is 7. The van der Waals surface area contributed by atoms with Crippen molar-refractivity contribution < 1.29 is 48.4 Å². The quantitative estimate of drug-likeness (QED) is 0.206. The van der Waals surface area contributed by atoms with Gasteiger partial charge >= 0.3 is 20.2 Å². The zero-order chi connectivity index (χ0) is 30.2. The lowest BCUT2D eigenvalue weighted by Gasteiger charge is -2.19.